The Bertz CT molecular complexity index is 837. The van der Waals surface area contributed by atoms with E-state index >= 15 is 0 Å². The van der Waals surface area contributed by atoms with Gasteiger partial charge < -0.3 is 4.74 Å². The lowest BCUT2D eigenvalue weighted by Crippen LogP contribution is -2.34. The molecule has 134 valence electrons. The molecule has 0 N–H and O–H groups in total. The molecule has 1 heterocycles. The molecule has 1 aliphatic rings. The van der Waals surface area contributed by atoms with Gasteiger partial charge in [-0.2, -0.15) is 0 Å². The molecule has 1 aliphatic heterocycles. The van der Waals surface area contributed by atoms with Gasteiger partial charge in [0.2, 0.25) is 5.91 Å². The van der Waals surface area contributed by atoms with E-state index in [9.17, 15) is 19.7 Å². The summed E-state index contributed by atoms with van der Waals surface area (Å²) in [5.74, 6) is -0.632. The number of carbonyl (C=O) groups excluding carboxylic acids is 2. The van der Waals surface area contributed by atoms with Crippen LogP contribution in [0.1, 0.15) is 36.4 Å². The Labute approximate surface area is 150 Å². The summed E-state index contributed by atoms with van der Waals surface area (Å²) >= 11 is 0. The highest BCUT2D eigenvalue weighted by atomic mass is 16.6. The molecule has 1 unspecified atom stereocenters. The van der Waals surface area contributed by atoms with Crippen LogP contribution < -0.4 is 0 Å². The van der Waals surface area contributed by atoms with E-state index in [4.69, 9.17) is 4.74 Å². The van der Waals surface area contributed by atoms with Gasteiger partial charge in [-0.1, -0.05) is 49.4 Å². The van der Waals surface area contributed by atoms with Gasteiger partial charge in [0.05, 0.1) is 4.92 Å². The first kappa shape index (κ1) is 17.6. The molecule has 0 spiro atoms. The molecule has 0 aromatic heterocycles. The summed E-state index contributed by atoms with van der Waals surface area (Å²) < 4.78 is 5.07. The Morgan fingerprint density at radius 1 is 1.27 bits per heavy atom. The van der Waals surface area contributed by atoms with E-state index in [1.807, 2.05) is 30.3 Å². The first-order chi connectivity index (χ1) is 12.5. The smallest absolute Gasteiger partial charge is 0.417 e. The van der Waals surface area contributed by atoms with Crippen molar-refractivity contribution in [1.29, 1.82) is 0 Å². The Morgan fingerprint density at radius 2 is 2.00 bits per heavy atom. The molecule has 1 saturated heterocycles. The van der Waals surface area contributed by atoms with Crippen LogP contribution in [0.2, 0.25) is 0 Å². The van der Waals surface area contributed by atoms with Crippen molar-refractivity contribution in [2.24, 2.45) is 0 Å². The molecule has 0 bridgehead atoms. The van der Waals surface area contributed by atoms with Gasteiger partial charge in [-0.3, -0.25) is 14.9 Å². The third-order valence-electron chi connectivity index (χ3n) is 4.46. The van der Waals surface area contributed by atoms with Gasteiger partial charge in [-0.05, 0) is 17.0 Å². The molecule has 26 heavy (non-hydrogen) atoms. The highest BCUT2D eigenvalue weighted by Crippen LogP contribution is 2.31. The summed E-state index contributed by atoms with van der Waals surface area (Å²) in [5.41, 5.74) is 1.48. The van der Waals surface area contributed by atoms with Crippen LogP contribution in [0, 0.1) is 10.1 Å². The average molecular weight is 354 g/mol. The quantitative estimate of drug-likeness (QED) is 0.601. The zero-order valence-corrected chi connectivity index (χ0v) is 14.2. The molecule has 7 nitrogen and oxygen atoms in total. The van der Waals surface area contributed by atoms with Crippen LogP contribution >= 0.6 is 0 Å². The fourth-order valence-corrected chi connectivity index (χ4v) is 3.04. The normalized spacial score (nSPS) is 17.7. The maximum atomic E-state index is 12.7. The lowest BCUT2D eigenvalue weighted by atomic mass is 9.96. The Hall–Kier alpha value is -3.22. The Morgan fingerprint density at radius 3 is 2.69 bits per heavy atom. The van der Waals surface area contributed by atoms with Crippen LogP contribution in [0.25, 0.3) is 0 Å². The maximum Gasteiger partial charge on any atom is 0.417 e. The minimum absolute atomic E-state index is 0.0236. The minimum atomic E-state index is -0.657. The number of amides is 2. The van der Waals surface area contributed by atoms with Gasteiger partial charge in [-0.15, -0.1) is 0 Å². The molecular formula is C19H18N2O5. The summed E-state index contributed by atoms with van der Waals surface area (Å²) in [5, 5.41) is 10.9. The fourth-order valence-electron chi connectivity index (χ4n) is 3.04. The summed E-state index contributed by atoms with van der Waals surface area (Å²) in [4.78, 5) is 36.4. The van der Waals surface area contributed by atoms with Crippen molar-refractivity contribution in [3.05, 3.63) is 75.8 Å². The number of hydrogen-bond acceptors (Lipinski definition) is 5. The van der Waals surface area contributed by atoms with Crippen LogP contribution in [-0.4, -0.2) is 28.4 Å². The van der Waals surface area contributed by atoms with Gasteiger partial charge in [0, 0.05) is 18.6 Å². The molecule has 2 aromatic carbocycles. The van der Waals surface area contributed by atoms with Gasteiger partial charge in [0.25, 0.3) is 5.69 Å². The highest BCUT2D eigenvalue weighted by Gasteiger charge is 2.39. The first-order valence-corrected chi connectivity index (χ1v) is 8.25. The van der Waals surface area contributed by atoms with Crippen LogP contribution in [0.15, 0.2) is 54.6 Å². The fraction of sp³-hybridized carbons (Fsp3) is 0.263. The predicted octanol–water partition coefficient (Wildman–Crippen LogP) is 3.81. The van der Waals surface area contributed by atoms with Crippen molar-refractivity contribution in [2.75, 3.05) is 6.61 Å². The lowest BCUT2D eigenvalue weighted by Gasteiger charge is -2.21. The van der Waals surface area contributed by atoms with Crippen LogP contribution in [-0.2, 0) is 9.53 Å². The van der Waals surface area contributed by atoms with E-state index in [1.165, 1.54) is 12.1 Å². The third-order valence-corrected chi connectivity index (χ3v) is 4.46. The topological polar surface area (TPSA) is 89.8 Å². The summed E-state index contributed by atoms with van der Waals surface area (Å²) in [6.07, 6.45) is -0.602. The van der Waals surface area contributed by atoms with E-state index < -0.39 is 17.1 Å². The number of imide groups is 1. The van der Waals surface area contributed by atoms with E-state index in [2.05, 4.69) is 0 Å². The Kier molecular flexibility index (Phi) is 4.97. The second-order valence-electron chi connectivity index (χ2n) is 6.22. The number of cyclic esters (lactones) is 1. The second-order valence-corrected chi connectivity index (χ2v) is 6.22. The molecule has 7 heteroatoms. The summed E-state index contributed by atoms with van der Waals surface area (Å²) in [7, 11) is 0. The van der Waals surface area contributed by atoms with Crippen molar-refractivity contribution in [3.8, 4) is 0 Å². The van der Waals surface area contributed by atoms with E-state index in [1.54, 1.807) is 19.1 Å². The molecule has 0 saturated carbocycles. The van der Waals surface area contributed by atoms with Crippen LogP contribution in [0.5, 0.6) is 0 Å². The predicted molar refractivity (Wildman–Crippen MR) is 93.5 cm³/mol. The van der Waals surface area contributed by atoms with Gasteiger partial charge in [0.1, 0.15) is 12.6 Å². The standard InChI is InChI=1S/C19H18N2O5/c1-13(15-8-5-9-16(11-15)21(24)25)10-18(22)20-17(12-26-19(20)23)14-6-3-2-4-7-14/h2-9,11,13,17H,10,12H2,1H3/t13?,17-/m0/s1. The van der Waals surface area contributed by atoms with Crippen LogP contribution in [0.4, 0.5) is 10.5 Å². The number of nitro groups is 1. The summed E-state index contributed by atoms with van der Waals surface area (Å²) in [6.45, 7) is 1.93. The monoisotopic (exact) mass is 354 g/mol. The molecule has 2 aromatic rings. The molecule has 0 aliphatic carbocycles. The number of ether oxygens (including phenoxy) is 1. The minimum Gasteiger partial charge on any atom is -0.446 e. The van der Waals surface area contributed by atoms with Crippen molar-refractivity contribution in [2.45, 2.75) is 25.3 Å². The molecule has 2 amide bonds. The zero-order chi connectivity index (χ0) is 18.7. The van der Waals surface area contributed by atoms with E-state index in [0.717, 1.165) is 10.5 Å². The average Bonchev–Trinajstić information content (AvgIpc) is 3.04. The third kappa shape index (κ3) is 3.56. The highest BCUT2D eigenvalue weighted by molar-refractivity contribution is 5.94. The largest absolute Gasteiger partial charge is 0.446 e. The van der Waals surface area contributed by atoms with Gasteiger partial charge in [-0.25, -0.2) is 9.69 Å². The number of nitro benzene ring substituents is 1. The molecule has 1 fully saturated rings. The van der Waals surface area contributed by atoms with Crippen LogP contribution in [0.3, 0.4) is 0 Å². The van der Waals surface area contributed by atoms with E-state index in [0.29, 0.717) is 5.56 Å². The second kappa shape index (κ2) is 7.35. The molecule has 3 rings (SSSR count). The first-order valence-electron chi connectivity index (χ1n) is 8.25. The SMILES string of the molecule is CC(CC(=O)N1C(=O)OC[C@H]1c1ccccc1)c1cccc([N+](=O)[O-])c1. The van der Waals surface area contributed by atoms with E-state index in [-0.39, 0.29) is 30.5 Å². The zero-order valence-electron chi connectivity index (χ0n) is 14.2. The van der Waals surface area contributed by atoms with Crippen molar-refractivity contribution < 1.29 is 19.2 Å². The number of nitrogens with zero attached hydrogens (tertiary/aromatic N) is 2. The Balaban J connectivity index is 1.76. The number of carbonyl (C=O) groups is 2. The summed E-state index contributed by atoms with van der Waals surface area (Å²) in [6, 6.07) is 15.0. The van der Waals surface area contributed by atoms with Crippen molar-refractivity contribution in [3.63, 3.8) is 0 Å². The van der Waals surface area contributed by atoms with Crippen molar-refractivity contribution >= 4 is 17.7 Å². The van der Waals surface area contributed by atoms with Gasteiger partial charge in [0.15, 0.2) is 0 Å². The maximum absolute atomic E-state index is 12.7. The number of rotatable bonds is 5. The molecule has 2 atom stereocenters. The molecule has 0 radical (unpaired) electrons. The number of hydrogen-bond donors (Lipinski definition) is 0. The van der Waals surface area contributed by atoms with Crippen molar-refractivity contribution in [1.82, 2.24) is 4.90 Å². The molecular weight excluding hydrogens is 336 g/mol. The lowest BCUT2D eigenvalue weighted by molar-refractivity contribution is -0.384. The number of non-ortho nitro benzene ring substituents is 1. The number of benzene rings is 2. The van der Waals surface area contributed by atoms with Gasteiger partial charge >= 0.3 is 6.09 Å².